The molecule has 3 rings (SSSR count). The van der Waals surface area contributed by atoms with Crippen LogP contribution < -0.4 is 5.32 Å². The van der Waals surface area contributed by atoms with Gasteiger partial charge in [-0.05, 0) is 81.3 Å². The van der Waals surface area contributed by atoms with Crippen molar-refractivity contribution < 1.29 is 67.6 Å². The zero-order valence-corrected chi connectivity index (χ0v) is 39.1. The van der Waals surface area contributed by atoms with Crippen LogP contribution in [0.15, 0.2) is 0 Å². The molecule has 1 amide bonds. The predicted octanol–water partition coefficient (Wildman–Crippen LogP) is 4.36. The number of hydrogen-bond acceptors (Lipinski definition) is 15. The van der Waals surface area contributed by atoms with Crippen LogP contribution in [0.5, 0.6) is 0 Å². The number of aliphatic hydroxyl groups is 3. The summed E-state index contributed by atoms with van der Waals surface area (Å²) in [5.74, 6) is -4.62. The first-order valence-electron chi connectivity index (χ1n) is 22.1. The smallest absolute Gasteiger partial charge is 0.407 e. The van der Waals surface area contributed by atoms with Crippen molar-refractivity contribution in [2.24, 2.45) is 23.7 Å². The van der Waals surface area contributed by atoms with Crippen molar-refractivity contribution in [2.45, 2.75) is 205 Å². The standard InChI is InChI=1S/C44H80N2O14/c1-16-18-19-20-45-41(51)60-38-29(8)56-32(23-43(38,10)54-15)58-35-27(6)37(59-40-34(48)30(46(12)13)21-25(4)55-40)42(9,53-14)22-24(3)33(47)26(5)36(49)44(11,52)31(17-2)57-39(50)28(35)7/h24-32,34-38,40,48-49,52H,16-23H2,1-15H3,(H,45,51)/t24-,25-,26+,27+,28-,29+,30+,31-,32+,34-,35+,36-,37-,38+,40+,42-,43-,44-/m1/s1. The predicted molar refractivity (Wildman–Crippen MR) is 223 cm³/mol. The maximum Gasteiger partial charge on any atom is 0.407 e. The molecular formula is C44H80N2O14. The van der Waals surface area contributed by atoms with E-state index in [1.807, 2.05) is 39.8 Å². The summed E-state index contributed by atoms with van der Waals surface area (Å²) in [4.78, 5) is 43.3. The monoisotopic (exact) mass is 861 g/mol. The minimum atomic E-state index is -1.99. The third-order valence-corrected chi connectivity index (χ3v) is 13.5. The van der Waals surface area contributed by atoms with Crippen LogP contribution in [0.4, 0.5) is 4.79 Å². The van der Waals surface area contributed by atoms with Gasteiger partial charge in [-0.1, -0.05) is 47.5 Å². The maximum atomic E-state index is 14.4. The van der Waals surface area contributed by atoms with Gasteiger partial charge in [0.05, 0.1) is 42.0 Å². The normalized spacial score (nSPS) is 43.9. The van der Waals surface area contributed by atoms with Gasteiger partial charge >= 0.3 is 12.1 Å². The van der Waals surface area contributed by atoms with E-state index in [2.05, 4.69) is 12.2 Å². The second-order valence-electron chi connectivity index (χ2n) is 18.6. The Hall–Kier alpha value is -1.99. The lowest BCUT2D eigenvalue weighted by Crippen LogP contribution is -2.62. The molecule has 3 saturated heterocycles. The van der Waals surface area contributed by atoms with E-state index in [1.165, 1.54) is 21.1 Å². The molecule has 4 N–H and O–H groups in total. The number of esters is 1. The molecule has 60 heavy (non-hydrogen) atoms. The number of aliphatic hydroxyl groups excluding tert-OH is 2. The number of hydrogen-bond donors (Lipinski definition) is 4. The molecule has 0 radical (unpaired) electrons. The third kappa shape index (κ3) is 12.2. The Morgan fingerprint density at radius 3 is 2.07 bits per heavy atom. The summed E-state index contributed by atoms with van der Waals surface area (Å²) in [6.45, 7) is 19.7. The van der Waals surface area contributed by atoms with Gasteiger partial charge in [-0.25, -0.2) is 4.79 Å². The van der Waals surface area contributed by atoms with Crippen LogP contribution in [0.3, 0.4) is 0 Å². The van der Waals surface area contributed by atoms with Crippen LogP contribution in [0.25, 0.3) is 0 Å². The lowest BCUT2D eigenvalue weighted by atomic mass is 9.74. The fourth-order valence-electron chi connectivity index (χ4n) is 9.52. The number of ether oxygens (including phenoxy) is 8. The molecule has 18 atom stereocenters. The lowest BCUT2D eigenvalue weighted by molar-refractivity contribution is -0.319. The Balaban J connectivity index is 2.16. The van der Waals surface area contributed by atoms with Gasteiger partial charge in [-0.2, -0.15) is 0 Å². The molecule has 350 valence electrons. The largest absolute Gasteiger partial charge is 0.459 e. The van der Waals surface area contributed by atoms with E-state index in [-0.39, 0.29) is 37.2 Å². The number of alkyl carbamates (subject to hydrolysis) is 1. The molecular weight excluding hydrogens is 780 g/mol. The first-order valence-corrected chi connectivity index (χ1v) is 22.1. The van der Waals surface area contributed by atoms with Crippen LogP contribution in [-0.2, 0) is 47.5 Å². The number of methoxy groups -OCH3 is 2. The van der Waals surface area contributed by atoms with Gasteiger partial charge in [0.1, 0.15) is 29.2 Å². The van der Waals surface area contributed by atoms with E-state index in [4.69, 9.17) is 37.9 Å². The Kier molecular flexibility index (Phi) is 19.3. The molecule has 3 aliphatic rings. The second kappa shape index (κ2) is 22.1. The number of amides is 1. The number of nitrogens with one attached hydrogen (secondary N) is 1. The quantitative estimate of drug-likeness (QED) is 0.150. The van der Waals surface area contributed by atoms with Crippen molar-refractivity contribution in [3.8, 4) is 0 Å². The molecule has 0 saturated carbocycles. The Morgan fingerprint density at radius 1 is 0.883 bits per heavy atom. The molecule has 16 nitrogen and oxygen atoms in total. The summed E-state index contributed by atoms with van der Waals surface area (Å²) < 4.78 is 50.7. The first kappa shape index (κ1) is 52.4. The molecule has 3 heterocycles. The zero-order chi connectivity index (χ0) is 45.5. The number of carbonyl (C=O) groups is 3. The molecule has 16 heteroatoms. The van der Waals surface area contributed by atoms with Crippen molar-refractivity contribution in [3.63, 3.8) is 0 Å². The molecule has 0 aromatic rings. The molecule has 0 unspecified atom stereocenters. The van der Waals surface area contributed by atoms with Gasteiger partial charge in [0.25, 0.3) is 0 Å². The van der Waals surface area contributed by atoms with Gasteiger partial charge < -0.3 is 63.4 Å². The summed E-state index contributed by atoms with van der Waals surface area (Å²) in [6, 6.07) is -0.304. The third-order valence-electron chi connectivity index (χ3n) is 13.5. The first-order chi connectivity index (χ1) is 27.9. The Labute approximate surface area is 358 Å². The van der Waals surface area contributed by atoms with E-state index < -0.39 is 108 Å². The fraction of sp³-hybridized carbons (Fsp3) is 0.932. The number of likely N-dealkylation sites (N-methyl/N-ethyl adjacent to an activating group) is 1. The highest BCUT2D eigenvalue weighted by Crippen LogP contribution is 2.42. The lowest BCUT2D eigenvalue weighted by Gasteiger charge is -2.50. The summed E-state index contributed by atoms with van der Waals surface area (Å²) in [7, 11) is 6.78. The summed E-state index contributed by atoms with van der Waals surface area (Å²) in [5.41, 5.74) is -4.36. The molecule has 0 aliphatic carbocycles. The minimum absolute atomic E-state index is 0.0903. The highest BCUT2D eigenvalue weighted by molar-refractivity contribution is 5.83. The zero-order valence-electron chi connectivity index (χ0n) is 39.1. The van der Waals surface area contributed by atoms with Gasteiger partial charge in [0.2, 0.25) is 0 Å². The van der Waals surface area contributed by atoms with Crippen molar-refractivity contribution in [2.75, 3.05) is 34.9 Å². The fourth-order valence-corrected chi connectivity index (χ4v) is 9.52. The summed E-state index contributed by atoms with van der Waals surface area (Å²) in [6.07, 6.45) is -6.77. The number of Topliss-reactive ketones (excluding diaryl/α,β-unsaturated/α-hetero) is 1. The number of cyclic esters (lactones) is 1. The SMILES string of the molecule is CCCCCNC(=O)O[C@H]1[C@H](C)O[C@@H](O[C@H]2[C@H](C)[C@@H](O[C@@H]3O[C@H](C)C[C@H](N(C)C)[C@H]3O)[C@](C)(OC)C[C@@H](C)C(=O)[C@H](C)[C@@H](O)[C@](C)(O)[C@@H](CC)OC(=O)[C@@H]2C)C[C@@]1(C)OC. The molecule has 3 aliphatic heterocycles. The van der Waals surface area contributed by atoms with Crippen molar-refractivity contribution in [1.82, 2.24) is 10.2 Å². The molecule has 0 spiro atoms. The van der Waals surface area contributed by atoms with Crippen LogP contribution in [-0.4, -0.2) is 157 Å². The Bertz CT molecular complexity index is 1390. The van der Waals surface area contributed by atoms with E-state index in [0.717, 1.165) is 19.3 Å². The van der Waals surface area contributed by atoms with Crippen LogP contribution in [0.1, 0.15) is 121 Å². The average molecular weight is 861 g/mol. The summed E-state index contributed by atoms with van der Waals surface area (Å²) in [5, 5.41) is 37.8. The number of nitrogens with zero attached hydrogens (tertiary/aromatic N) is 1. The van der Waals surface area contributed by atoms with Gasteiger partial charge in [-0.15, -0.1) is 0 Å². The van der Waals surface area contributed by atoms with Crippen molar-refractivity contribution >= 4 is 17.8 Å². The van der Waals surface area contributed by atoms with E-state index in [1.54, 1.807) is 41.5 Å². The van der Waals surface area contributed by atoms with E-state index >= 15 is 0 Å². The minimum Gasteiger partial charge on any atom is -0.459 e. The highest BCUT2D eigenvalue weighted by atomic mass is 16.7. The number of unbranched alkanes of at least 4 members (excludes halogenated alkanes) is 2. The second-order valence-corrected chi connectivity index (χ2v) is 18.6. The number of rotatable bonds is 13. The van der Waals surface area contributed by atoms with Gasteiger partial charge in [-0.3, -0.25) is 9.59 Å². The van der Waals surface area contributed by atoms with E-state index in [0.29, 0.717) is 13.0 Å². The average Bonchev–Trinajstić information content (AvgIpc) is 3.19. The van der Waals surface area contributed by atoms with Crippen LogP contribution >= 0.6 is 0 Å². The highest BCUT2D eigenvalue weighted by Gasteiger charge is 2.55. The van der Waals surface area contributed by atoms with Crippen LogP contribution in [0.2, 0.25) is 0 Å². The molecule has 0 aromatic carbocycles. The number of carbonyl (C=O) groups excluding carboxylic acids is 3. The Morgan fingerprint density at radius 2 is 1.50 bits per heavy atom. The molecule has 0 bridgehead atoms. The molecule has 3 fully saturated rings. The summed E-state index contributed by atoms with van der Waals surface area (Å²) >= 11 is 0. The van der Waals surface area contributed by atoms with E-state index in [9.17, 15) is 29.7 Å². The van der Waals surface area contributed by atoms with Gasteiger partial charge in [0, 0.05) is 51.0 Å². The van der Waals surface area contributed by atoms with Crippen LogP contribution in [0, 0.1) is 23.7 Å². The number of ketones is 1. The molecule has 0 aromatic heterocycles. The maximum absolute atomic E-state index is 14.4. The van der Waals surface area contributed by atoms with Crippen molar-refractivity contribution in [1.29, 1.82) is 0 Å². The topological polar surface area (TPSA) is 201 Å². The van der Waals surface area contributed by atoms with Gasteiger partial charge in [0.15, 0.2) is 18.7 Å². The van der Waals surface area contributed by atoms with Crippen molar-refractivity contribution in [3.05, 3.63) is 0 Å².